The number of halogens is 2. The van der Waals surface area contributed by atoms with Crippen LogP contribution in [0.3, 0.4) is 0 Å². The van der Waals surface area contributed by atoms with E-state index in [0.29, 0.717) is 34.5 Å². The standard InChI is InChI=1S/C25H29ClFN3O2/c1-2-18-16-30(15-17-3-8-22(27)9-4-17)12-11-20(18)13-23(31)10-6-19-5-7-21(26)14-24(19)29-25(28)32/h3-10,14,18,20H,2,11-13,15-16H2,1H3,(H3,28,29,32)/b10-6+/t18-,20?/m1/s1. The van der Waals surface area contributed by atoms with E-state index >= 15 is 0 Å². The van der Waals surface area contributed by atoms with Gasteiger partial charge >= 0.3 is 6.03 Å². The number of piperidine rings is 1. The summed E-state index contributed by atoms with van der Waals surface area (Å²) in [5.41, 5.74) is 7.45. The summed E-state index contributed by atoms with van der Waals surface area (Å²) >= 11 is 5.99. The number of benzene rings is 2. The zero-order valence-corrected chi connectivity index (χ0v) is 18.9. The van der Waals surface area contributed by atoms with Gasteiger partial charge in [-0.3, -0.25) is 9.69 Å². The lowest BCUT2D eigenvalue weighted by Crippen LogP contribution is -2.40. The average molecular weight is 458 g/mol. The van der Waals surface area contributed by atoms with Crippen molar-refractivity contribution in [2.24, 2.45) is 17.6 Å². The van der Waals surface area contributed by atoms with Crippen molar-refractivity contribution >= 4 is 35.2 Å². The van der Waals surface area contributed by atoms with Crippen molar-refractivity contribution in [3.63, 3.8) is 0 Å². The number of allylic oxidation sites excluding steroid dienone is 1. The molecule has 0 radical (unpaired) electrons. The Hall–Kier alpha value is -2.70. The molecule has 3 rings (SSSR count). The molecule has 0 bridgehead atoms. The minimum atomic E-state index is -0.688. The number of ketones is 1. The number of carbonyl (C=O) groups excluding carboxylic acids is 2. The first-order chi connectivity index (χ1) is 15.3. The molecule has 2 amide bonds. The number of primary amides is 1. The van der Waals surface area contributed by atoms with Gasteiger partial charge in [0, 0.05) is 24.5 Å². The minimum absolute atomic E-state index is 0.0559. The third-order valence-electron chi connectivity index (χ3n) is 6.00. The number of anilines is 1. The molecule has 1 fully saturated rings. The van der Waals surface area contributed by atoms with Crippen LogP contribution in [0.15, 0.2) is 48.5 Å². The van der Waals surface area contributed by atoms with Gasteiger partial charge < -0.3 is 11.1 Å². The van der Waals surface area contributed by atoms with Crippen LogP contribution in [-0.4, -0.2) is 29.8 Å². The van der Waals surface area contributed by atoms with Crippen LogP contribution in [0.4, 0.5) is 14.9 Å². The fourth-order valence-electron chi connectivity index (χ4n) is 4.30. The van der Waals surface area contributed by atoms with E-state index < -0.39 is 6.03 Å². The Kier molecular flexibility index (Phi) is 8.42. The summed E-state index contributed by atoms with van der Waals surface area (Å²) in [6.07, 6.45) is 5.70. The first kappa shape index (κ1) is 24.0. The Bertz CT molecular complexity index is 978. The van der Waals surface area contributed by atoms with Crippen LogP contribution in [0.2, 0.25) is 5.02 Å². The Morgan fingerprint density at radius 1 is 1.22 bits per heavy atom. The van der Waals surface area contributed by atoms with Crippen molar-refractivity contribution in [2.75, 3.05) is 18.4 Å². The van der Waals surface area contributed by atoms with Crippen LogP contribution >= 0.6 is 11.6 Å². The summed E-state index contributed by atoms with van der Waals surface area (Å²) < 4.78 is 13.1. The highest BCUT2D eigenvalue weighted by molar-refractivity contribution is 6.31. The van der Waals surface area contributed by atoms with Crippen LogP contribution in [0.5, 0.6) is 0 Å². The first-order valence-corrected chi connectivity index (χ1v) is 11.3. The molecule has 0 spiro atoms. The molecule has 2 atom stereocenters. The van der Waals surface area contributed by atoms with Crippen LogP contribution in [-0.2, 0) is 11.3 Å². The third-order valence-corrected chi connectivity index (χ3v) is 6.24. The number of likely N-dealkylation sites (tertiary alicyclic amines) is 1. The molecular formula is C25H29ClFN3O2. The largest absolute Gasteiger partial charge is 0.351 e. The zero-order chi connectivity index (χ0) is 23.1. The number of nitrogens with one attached hydrogen (secondary N) is 1. The lowest BCUT2D eigenvalue weighted by atomic mass is 9.80. The molecule has 0 saturated carbocycles. The Balaban J connectivity index is 1.58. The maximum atomic E-state index is 13.1. The number of nitrogens with zero attached hydrogens (tertiary/aromatic N) is 1. The number of nitrogens with two attached hydrogens (primary N) is 1. The number of rotatable bonds is 8. The van der Waals surface area contributed by atoms with Gasteiger partial charge in [-0.25, -0.2) is 9.18 Å². The molecule has 0 aliphatic carbocycles. The maximum Gasteiger partial charge on any atom is 0.316 e. The molecule has 1 unspecified atom stereocenters. The highest BCUT2D eigenvalue weighted by atomic mass is 35.5. The van der Waals surface area contributed by atoms with Gasteiger partial charge in [-0.05, 0) is 72.3 Å². The molecule has 1 aliphatic heterocycles. The second kappa shape index (κ2) is 11.2. The van der Waals surface area contributed by atoms with Crippen molar-refractivity contribution in [1.29, 1.82) is 0 Å². The van der Waals surface area contributed by atoms with E-state index in [1.165, 1.54) is 12.1 Å². The molecule has 2 aromatic rings. The highest BCUT2D eigenvalue weighted by Crippen LogP contribution is 2.30. The molecule has 170 valence electrons. The summed E-state index contributed by atoms with van der Waals surface area (Å²) in [4.78, 5) is 26.3. The Morgan fingerprint density at radius 2 is 1.97 bits per heavy atom. The van der Waals surface area contributed by atoms with Crippen molar-refractivity contribution in [1.82, 2.24) is 4.90 Å². The fraction of sp³-hybridized carbons (Fsp3) is 0.360. The van der Waals surface area contributed by atoms with E-state index in [-0.39, 0.29) is 11.6 Å². The summed E-state index contributed by atoms with van der Waals surface area (Å²) in [5, 5.41) is 3.00. The molecule has 2 aromatic carbocycles. The second-order valence-corrected chi connectivity index (χ2v) is 8.74. The molecule has 1 heterocycles. The molecule has 7 heteroatoms. The monoisotopic (exact) mass is 457 g/mol. The lowest BCUT2D eigenvalue weighted by molar-refractivity contribution is -0.116. The van der Waals surface area contributed by atoms with Crippen LogP contribution in [0.1, 0.15) is 37.3 Å². The minimum Gasteiger partial charge on any atom is -0.351 e. The number of amides is 2. The quantitative estimate of drug-likeness (QED) is 0.514. The fourth-order valence-corrected chi connectivity index (χ4v) is 4.47. The van der Waals surface area contributed by atoms with E-state index in [4.69, 9.17) is 17.3 Å². The summed E-state index contributed by atoms with van der Waals surface area (Å²) in [6, 6.07) is 11.0. The molecule has 3 N–H and O–H groups in total. The van der Waals surface area contributed by atoms with Gasteiger partial charge in [-0.15, -0.1) is 0 Å². The molecule has 1 aliphatic rings. The smallest absolute Gasteiger partial charge is 0.316 e. The maximum absolute atomic E-state index is 13.1. The molecular weight excluding hydrogens is 429 g/mol. The average Bonchev–Trinajstić information content (AvgIpc) is 2.75. The van der Waals surface area contributed by atoms with Crippen LogP contribution in [0, 0.1) is 17.7 Å². The summed E-state index contributed by atoms with van der Waals surface area (Å²) in [6.45, 7) is 4.80. The van der Waals surface area contributed by atoms with Crippen molar-refractivity contribution in [3.05, 3.63) is 70.5 Å². The van der Waals surface area contributed by atoms with Gasteiger partial charge in [0.1, 0.15) is 5.82 Å². The summed E-state index contributed by atoms with van der Waals surface area (Å²) in [7, 11) is 0. The topological polar surface area (TPSA) is 75.4 Å². The lowest BCUT2D eigenvalue weighted by Gasteiger charge is -2.38. The van der Waals surface area contributed by atoms with Gasteiger partial charge in [-0.1, -0.05) is 43.1 Å². The molecule has 1 saturated heterocycles. The number of hydrogen-bond acceptors (Lipinski definition) is 3. The number of urea groups is 1. The van der Waals surface area contributed by atoms with Gasteiger partial charge in [-0.2, -0.15) is 0 Å². The molecule has 5 nitrogen and oxygen atoms in total. The first-order valence-electron chi connectivity index (χ1n) is 10.9. The number of hydrogen-bond donors (Lipinski definition) is 2. The second-order valence-electron chi connectivity index (χ2n) is 8.30. The van der Waals surface area contributed by atoms with Gasteiger partial charge in [0.15, 0.2) is 5.78 Å². The van der Waals surface area contributed by atoms with E-state index in [1.807, 2.05) is 12.1 Å². The van der Waals surface area contributed by atoms with Crippen LogP contribution in [0.25, 0.3) is 6.08 Å². The van der Waals surface area contributed by atoms with Gasteiger partial charge in [0.05, 0.1) is 5.69 Å². The number of carbonyl (C=O) groups is 2. The van der Waals surface area contributed by atoms with Crippen molar-refractivity contribution in [3.8, 4) is 0 Å². The van der Waals surface area contributed by atoms with E-state index in [0.717, 1.165) is 38.0 Å². The summed E-state index contributed by atoms with van der Waals surface area (Å²) in [5.74, 6) is 0.598. The Labute approximate surface area is 193 Å². The van der Waals surface area contributed by atoms with Gasteiger partial charge in [0.25, 0.3) is 0 Å². The third kappa shape index (κ3) is 6.90. The van der Waals surface area contributed by atoms with Crippen molar-refractivity contribution in [2.45, 2.75) is 32.7 Å². The molecule has 0 aromatic heterocycles. The predicted molar refractivity (Wildman–Crippen MR) is 127 cm³/mol. The van der Waals surface area contributed by atoms with Gasteiger partial charge in [0.2, 0.25) is 0 Å². The highest BCUT2D eigenvalue weighted by Gasteiger charge is 2.29. The van der Waals surface area contributed by atoms with E-state index in [9.17, 15) is 14.0 Å². The van der Waals surface area contributed by atoms with E-state index in [2.05, 4.69) is 17.1 Å². The van der Waals surface area contributed by atoms with E-state index in [1.54, 1.807) is 30.4 Å². The zero-order valence-electron chi connectivity index (χ0n) is 18.2. The Morgan fingerprint density at radius 3 is 2.66 bits per heavy atom. The van der Waals surface area contributed by atoms with Crippen LogP contribution < -0.4 is 11.1 Å². The SMILES string of the molecule is CC[C@@H]1CN(Cc2ccc(F)cc2)CCC1CC(=O)/C=C/c1ccc(Cl)cc1NC(N)=O. The normalized spacial score (nSPS) is 19.2. The molecule has 32 heavy (non-hydrogen) atoms. The van der Waals surface area contributed by atoms with Crippen molar-refractivity contribution < 1.29 is 14.0 Å². The predicted octanol–water partition coefficient (Wildman–Crippen LogP) is 5.49.